The van der Waals surface area contributed by atoms with Crippen molar-refractivity contribution in [1.82, 2.24) is 3.97 Å². The van der Waals surface area contributed by atoms with Crippen LogP contribution >= 0.6 is 0 Å². The highest BCUT2D eigenvalue weighted by molar-refractivity contribution is 7.90. The van der Waals surface area contributed by atoms with Gasteiger partial charge in [0, 0.05) is 11.6 Å². The zero-order valence-corrected chi connectivity index (χ0v) is 13.3. The number of halogens is 3. The van der Waals surface area contributed by atoms with Gasteiger partial charge in [-0.2, -0.15) is 13.2 Å². The van der Waals surface area contributed by atoms with Crippen LogP contribution in [0.3, 0.4) is 0 Å². The fraction of sp³-hybridized carbons (Fsp3) is 0.0625. The molecule has 132 valence electrons. The first kappa shape index (κ1) is 18.5. The third kappa shape index (κ3) is 4.18. The minimum atomic E-state index is -5.08. The summed E-state index contributed by atoms with van der Waals surface area (Å²) in [6, 6.07) is 17.7. The summed E-state index contributed by atoms with van der Waals surface area (Å²) < 4.78 is 58.0. The predicted octanol–water partition coefficient (Wildman–Crippen LogP) is 3.51. The zero-order valence-electron chi connectivity index (χ0n) is 12.5. The molecule has 0 amide bonds. The molecule has 0 fully saturated rings. The van der Waals surface area contributed by atoms with E-state index in [1.54, 1.807) is 48.7 Å². The van der Waals surface area contributed by atoms with Gasteiger partial charge in [0.2, 0.25) is 0 Å². The van der Waals surface area contributed by atoms with E-state index in [9.17, 15) is 21.6 Å². The van der Waals surface area contributed by atoms with E-state index in [1.165, 1.54) is 3.97 Å². The van der Waals surface area contributed by atoms with Gasteiger partial charge in [0.25, 0.3) is 10.0 Å². The third-order valence-corrected chi connectivity index (χ3v) is 4.81. The Balaban J connectivity index is 0.000000277. The summed E-state index contributed by atoms with van der Waals surface area (Å²) >= 11 is 0. The lowest BCUT2D eigenvalue weighted by Gasteiger charge is -2.07. The lowest BCUT2D eigenvalue weighted by atomic mass is 10.3. The Bertz CT molecular complexity index is 979. The number of benzene rings is 2. The van der Waals surface area contributed by atoms with Crippen molar-refractivity contribution >= 4 is 26.9 Å². The molecule has 0 spiro atoms. The minimum Gasteiger partial charge on any atom is -0.475 e. The molecule has 0 bridgehead atoms. The molecule has 0 atom stereocenters. The Morgan fingerprint density at radius 1 is 0.920 bits per heavy atom. The number of nitrogens with zero attached hydrogens (tertiary/aromatic N) is 1. The molecular formula is C16H12F3NO4S. The van der Waals surface area contributed by atoms with E-state index in [4.69, 9.17) is 9.90 Å². The summed E-state index contributed by atoms with van der Waals surface area (Å²) in [5, 5.41) is 8.04. The standard InChI is InChI=1S/C14H11NO2S.C2HF3O2/c16-18(17,13-7-2-1-3-8-13)15-11-10-12-6-4-5-9-14(12)15;3-2(4,5)1(6)7/h1-11H;(H,6,7). The Kier molecular flexibility index (Phi) is 5.17. The molecule has 5 nitrogen and oxygen atoms in total. The summed E-state index contributed by atoms with van der Waals surface area (Å²) in [7, 11) is -3.51. The average molecular weight is 371 g/mol. The summed E-state index contributed by atoms with van der Waals surface area (Å²) in [6.07, 6.45) is -3.49. The minimum absolute atomic E-state index is 0.298. The Labute approximate surface area is 141 Å². The number of aliphatic carboxylic acids is 1. The number of fused-ring (bicyclic) bond motifs is 1. The van der Waals surface area contributed by atoms with Gasteiger partial charge in [0.15, 0.2) is 0 Å². The summed E-state index contributed by atoms with van der Waals surface area (Å²) in [4.78, 5) is 9.19. The van der Waals surface area contributed by atoms with E-state index in [0.717, 1.165) is 5.39 Å². The molecule has 1 aromatic heterocycles. The second-order valence-electron chi connectivity index (χ2n) is 4.79. The third-order valence-electron chi connectivity index (χ3n) is 3.11. The first-order valence-corrected chi connectivity index (χ1v) is 8.25. The highest BCUT2D eigenvalue weighted by atomic mass is 32.2. The monoisotopic (exact) mass is 371 g/mol. The SMILES string of the molecule is O=C(O)C(F)(F)F.O=S(=O)(c1ccccc1)n1ccc2ccccc21. The van der Waals surface area contributed by atoms with Crippen molar-refractivity contribution in [3.63, 3.8) is 0 Å². The number of carbonyl (C=O) groups is 1. The highest BCUT2D eigenvalue weighted by Crippen LogP contribution is 2.21. The number of para-hydroxylation sites is 1. The number of aromatic nitrogens is 1. The molecule has 25 heavy (non-hydrogen) atoms. The number of rotatable bonds is 2. The van der Waals surface area contributed by atoms with Crippen molar-refractivity contribution in [2.24, 2.45) is 0 Å². The van der Waals surface area contributed by atoms with Gasteiger partial charge in [-0.1, -0.05) is 36.4 Å². The quantitative estimate of drug-likeness (QED) is 0.748. The van der Waals surface area contributed by atoms with Gasteiger partial charge < -0.3 is 5.11 Å². The number of carboxylic acid groups (broad SMARTS) is 1. The van der Waals surface area contributed by atoms with Crippen molar-refractivity contribution < 1.29 is 31.5 Å². The van der Waals surface area contributed by atoms with Gasteiger partial charge in [-0.05, 0) is 24.3 Å². The van der Waals surface area contributed by atoms with Gasteiger partial charge in [-0.15, -0.1) is 0 Å². The van der Waals surface area contributed by atoms with Crippen molar-refractivity contribution in [3.8, 4) is 0 Å². The molecule has 0 saturated carbocycles. The van der Waals surface area contributed by atoms with Crippen LogP contribution in [0.1, 0.15) is 0 Å². The maximum Gasteiger partial charge on any atom is 0.490 e. The molecule has 0 aliphatic rings. The lowest BCUT2D eigenvalue weighted by Crippen LogP contribution is -2.21. The smallest absolute Gasteiger partial charge is 0.475 e. The molecule has 0 unspecified atom stereocenters. The number of hydrogen-bond acceptors (Lipinski definition) is 3. The van der Waals surface area contributed by atoms with Crippen LogP contribution in [0.15, 0.2) is 71.8 Å². The van der Waals surface area contributed by atoms with Gasteiger partial charge >= 0.3 is 12.1 Å². The van der Waals surface area contributed by atoms with E-state index in [-0.39, 0.29) is 0 Å². The van der Waals surface area contributed by atoms with E-state index < -0.39 is 22.2 Å². The van der Waals surface area contributed by atoms with Crippen LogP contribution in [-0.4, -0.2) is 29.6 Å². The molecule has 0 aliphatic carbocycles. The van der Waals surface area contributed by atoms with E-state index in [2.05, 4.69) is 0 Å². The van der Waals surface area contributed by atoms with Crippen LogP contribution < -0.4 is 0 Å². The van der Waals surface area contributed by atoms with Gasteiger partial charge in [0.05, 0.1) is 10.4 Å². The van der Waals surface area contributed by atoms with Gasteiger partial charge in [-0.3, -0.25) is 0 Å². The topological polar surface area (TPSA) is 76.4 Å². The predicted molar refractivity (Wildman–Crippen MR) is 84.7 cm³/mol. The zero-order chi connectivity index (χ0) is 18.7. The fourth-order valence-electron chi connectivity index (χ4n) is 1.97. The Morgan fingerprint density at radius 2 is 1.44 bits per heavy atom. The fourth-order valence-corrected chi connectivity index (χ4v) is 3.35. The lowest BCUT2D eigenvalue weighted by molar-refractivity contribution is -0.192. The van der Waals surface area contributed by atoms with E-state index >= 15 is 0 Å². The van der Waals surface area contributed by atoms with Gasteiger partial charge in [0.1, 0.15) is 0 Å². The average Bonchev–Trinajstić information content (AvgIpc) is 3.00. The number of alkyl halides is 3. The molecule has 3 rings (SSSR count). The van der Waals surface area contributed by atoms with Crippen LogP contribution in [-0.2, 0) is 14.8 Å². The summed E-state index contributed by atoms with van der Waals surface area (Å²) in [5.41, 5.74) is 0.696. The normalized spacial score (nSPS) is 11.6. The summed E-state index contributed by atoms with van der Waals surface area (Å²) in [6.45, 7) is 0. The molecule has 0 aliphatic heterocycles. The van der Waals surface area contributed by atoms with Crippen molar-refractivity contribution in [2.45, 2.75) is 11.1 Å². The molecule has 1 N–H and O–H groups in total. The molecular weight excluding hydrogens is 359 g/mol. The van der Waals surface area contributed by atoms with Crippen molar-refractivity contribution in [2.75, 3.05) is 0 Å². The Hall–Kier alpha value is -2.81. The largest absolute Gasteiger partial charge is 0.490 e. The number of carboxylic acids is 1. The van der Waals surface area contributed by atoms with Gasteiger partial charge in [-0.25, -0.2) is 17.2 Å². The van der Waals surface area contributed by atoms with Crippen molar-refractivity contribution in [3.05, 3.63) is 66.9 Å². The first-order valence-electron chi connectivity index (χ1n) is 6.81. The molecule has 9 heteroatoms. The number of hydrogen-bond donors (Lipinski definition) is 1. The maximum atomic E-state index is 12.5. The molecule has 3 aromatic rings. The molecule has 0 radical (unpaired) electrons. The van der Waals surface area contributed by atoms with E-state index in [1.807, 2.05) is 18.2 Å². The van der Waals surface area contributed by atoms with Crippen LogP contribution in [0, 0.1) is 0 Å². The first-order chi connectivity index (χ1) is 11.6. The molecule has 1 heterocycles. The summed E-state index contributed by atoms with van der Waals surface area (Å²) in [5.74, 6) is -2.76. The molecule has 2 aromatic carbocycles. The van der Waals surface area contributed by atoms with Crippen LogP contribution in [0.2, 0.25) is 0 Å². The van der Waals surface area contributed by atoms with Crippen LogP contribution in [0.4, 0.5) is 13.2 Å². The maximum absolute atomic E-state index is 12.5. The van der Waals surface area contributed by atoms with Crippen LogP contribution in [0.5, 0.6) is 0 Å². The Morgan fingerprint density at radius 3 is 2.00 bits per heavy atom. The molecule has 0 saturated heterocycles. The second kappa shape index (κ2) is 6.98. The second-order valence-corrected chi connectivity index (χ2v) is 6.61. The van der Waals surface area contributed by atoms with Crippen LogP contribution in [0.25, 0.3) is 10.9 Å². The highest BCUT2D eigenvalue weighted by Gasteiger charge is 2.38. The van der Waals surface area contributed by atoms with Crippen molar-refractivity contribution in [1.29, 1.82) is 0 Å². The van der Waals surface area contributed by atoms with E-state index in [0.29, 0.717) is 10.4 Å².